The van der Waals surface area contributed by atoms with Gasteiger partial charge in [-0.25, -0.2) is 4.98 Å². The minimum Gasteiger partial charge on any atom is -0.497 e. The van der Waals surface area contributed by atoms with Crippen LogP contribution < -0.4 is 15.7 Å². The topological polar surface area (TPSA) is 73.2 Å². The summed E-state index contributed by atoms with van der Waals surface area (Å²) in [6.07, 6.45) is 6.27. The first-order valence-electron chi connectivity index (χ1n) is 11.1. The third kappa shape index (κ3) is 4.48. The highest BCUT2D eigenvalue weighted by molar-refractivity contribution is 5.88. The molecule has 0 saturated heterocycles. The Hall–Kier alpha value is -3.15. The summed E-state index contributed by atoms with van der Waals surface area (Å²) in [5.74, 6) is 1.58. The molecule has 3 aromatic rings. The Kier molecular flexibility index (Phi) is 6.35. The van der Waals surface area contributed by atoms with Gasteiger partial charge in [-0.05, 0) is 55.9 Å². The van der Waals surface area contributed by atoms with Crippen LogP contribution in [0.3, 0.4) is 0 Å². The SMILES string of the molecule is CCCC1CCC(C(=O)Nn2c(-c3cccc(OC)c3)nc3ccccc3c2=O)CC1. The van der Waals surface area contributed by atoms with Crippen molar-refractivity contribution in [2.45, 2.75) is 45.4 Å². The van der Waals surface area contributed by atoms with E-state index >= 15 is 0 Å². The molecule has 2 aromatic carbocycles. The first kappa shape index (κ1) is 21.1. The molecule has 0 radical (unpaired) electrons. The standard InChI is InChI=1S/C25H29N3O3/c1-3-7-17-12-14-18(15-13-17)24(29)27-28-23(19-8-6-9-20(16-19)31-2)26-22-11-5-4-10-21(22)25(28)30/h4-6,8-11,16-18H,3,7,12-15H2,1-2H3,(H,27,29). The molecule has 6 nitrogen and oxygen atoms in total. The van der Waals surface area contributed by atoms with Gasteiger partial charge in [0.2, 0.25) is 5.91 Å². The van der Waals surface area contributed by atoms with Crippen molar-refractivity contribution in [3.63, 3.8) is 0 Å². The van der Waals surface area contributed by atoms with Gasteiger partial charge in [0.05, 0.1) is 18.0 Å². The fraction of sp³-hybridized carbons (Fsp3) is 0.400. The van der Waals surface area contributed by atoms with Crippen LogP contribution in [-0.4, -0.2) is 22.7 Å². The average Bonchev–Trinajstić information content (AvgIpc) is 2.81. The first-order valence-corrected chi connectivity index (χ1v) is 11.1. The lowest BCUT2D eigenvalue weighted by Crippen LogP contribution is -2.39. The van der Waals surface area contributed by atoms with Gasteiger partial charge in [0.25, 0.3) is 5.56 Å². The van der Waals surface area contributed by atoms with E-state index in [2.05, 4.69) is 12.3 Å². The maximum Gasteiger partial charge on any atom is 0.280 e. The number of benzene rings is 2. The normalized spacial score (nSPS) is 18.6. The monoisotopic (exact) mass is 419 g/mol. The van der Waals surface area contributed by atoms with Gasteiger partial charge >= 0.3 is 0 Å². The summed E-state index contributed by atoms with van der Waals surface area (Å²) >= 11 is 0. The second-order valence-electron chi connectivity index (χ2n) is 8.31. The number of carbonyl (C=O) groups is 1. The van der Waals surface area contributed by atoms with E-state index in [1.54, 1.807) is 19.2 Å². The summed E-state index contributed by atoms with van der Waals surface area (Å²) in [5, 5.41) is 0.473. The number of aromatic nitrogens is 2. The summed E-state index contributed by atoms with van der Waals surface area (Å²) in [4.78, 5) is 31.1. The smallest absolute Gasteiger partial charge is 0.280 e. The van der Waals surface area contributed by atoms with Crippen molar-refractivity contribution in [1.82, 2.24) is 9.66 Å². The van der Waals surface area contributed by atoms with E-state index in [-0.39, 0.29) is 17.4 Å². The lowest BCUT2D eigenvalue weighted by molar-refractivity contribution is -0.122. The molecule has 1 N–H and O–H groups in total. The maximum atomic E-state index is 13.3. The van der Waals surface area contributed by atoms with Crippen molar-refractivity contribution in [1.29, 1.82) is 0 Å². The van der Waals surface area contributed by atoms with Gasteiger partial charge in [0.15, 0.2) is 5.82 Å². The van der Waals surface area contributed by atoms with Crippen LogP contribution in [-0.2, 0) is 4.79 Å². The van der Waals surface area contributed by atoms with Crippen LogP contribution in [0.5, 0.6) is 5.75 Å². The maximum absolute atomic E-state index is 13.3. The summed E-state index contributed by atoms with van der Waals surface area (Å²) in [5.41, 5.74) is 3.90. The minimum absolute atomic E-state index is 0.0790. The number of fused-ring (bicyclic) bond motifs is 1. The summed E-state index contributed by atoms with van der Waals surface area (Å²) < 4.78 is 6.64. The molecule has 1 aliphatic rings. The molecule has 1 fully saturated rings. The van der Waals surface area contributed by atoms with Crippen LogP contribution in [0.1, 0.15) is 45.4 Å². The lowest BCUT2D eigenvalue weighted by Gasteiger charge is -2.28. The Morgan fingerprint density at radius 3 is 2.65 bits per heavy atom. The second-order valence-corrected chi connectivity index (χ2v) is 8.31. The number of rotatable bonds is 6. The Balaban J connectivity index is 1.70. The molecule has 1 saturated carbocycles. The van der Waals surface area contributed by atoms with Crippen molar-refractivity contribution in [3.05, 3.63) is 58.9 Å². The number of nitrogens with zero attached hydrogens (tertiary/aromatic N) is 2. The summed E-state index contributed by atoms with van der Waals surface area (Å²) in [6, 6.07) is 14.5. The largest absolute Gasteiger partial charge is 0.497 e. The van der Waals surface area contributed by atoms with Crippen LogP contribution in [0.15, 0.2) is 53.3 Å². The number of methoxy groups -OCH3 is 1. The quantitative estimate of drug-likeness (QED) is 0.626. The van der Waals surface area contributed by atoms with Gasteiger partial charge in [-0.2, -0.15) is 4.68 Å². The van der Waals surface area contributed by atoms with Gasteiger partial charge in [-0.15, -0.1) is 0 Å². The third-order valence-corrected chi connectivity index (χ3v) is 6.24. The van der Waals surface area contributed by atoms with Gasteiger partial charge < -0.3 is 4.74 Å². The number of hydrogen-bond acceptors (Lipinski definition) is 4. The Bertz CT molecular complexity index is 1130. The van der Waals surface area contributed by atoms with Gasteiger partial charge in [-0.3, -0.25) is 15.0 Å². The zero-order chi connectivity index (χ0) is 21.8. The molecule has 0 spiro atoms. The van der Waals surface area contributed by atoms with Crippen LogP contribution >= 0.6 is 0 Å². The van der Waals surface area contributed by atoms with E-state index in [4.69, 9.17) is 9.72 Å². The number of amides is 1. The molecular weight excluding hydrogens is 390 g/mol. The second kappa shape index (κ2) is 9.33. The number of carbonyl (C=O) groups excluding carboxylic acids is 1. The fourth-order valence-corrected chi connectivity index (χ4v) is 4.52. The van der Waals surface area contributed by atoms with Gasteiger partial charge in [0, 0.05) is 11.5 Å². The predicted octanol–water partition coefficient (Wildman–Crippen LogP) is 4.75. The van der Waals surface area contributed by atoms with E-state index in [9.17, 15) is 9.59 Å². The molecule has 0 atom stereocenters. The molecule has 162 valence electrons. The highest BCUT2D eigenvalue weighted by Crippen LogP contribution is 2.32. The molecular formula is C25H29N3O3. The molecule has 1 aliphatic carbocycles. The zero-order valence-electron chi connectivity index (χ0n) is 18.1. The van der Waals surface area contributed by atoms with E-state index in [1.165, 1.54) is 17.5 Å². The highest BCUT2D eigenvalue weighted by atomic mass is 16.5. The van der Waals surface area contributed by atoms with Gasteiger partial charge in [0.1, 0.15) is 5.75 Å². The van der Waals surface area contributed by atoms with Crippen molar-refractivity contribution in [2.24, 2.45) is 11.8 Å². The van der Waals surface area contributed by atoms with Crippen molar-refractivity contribution in [3.8, 4) is 17.1 Å². The molecule has 1 amide bonds. The third-order valence-electron chi connectivity index (χ3n) is 6.24. The van der Waals surface area contributed by atoms with E-state index in [1.807, 2.05) is 36.4 Å². The molecule has 1 aromatic heterocycles. The van der Waals surface area contributed by atoms with Gasteiger partial charge in [-0.1, -0.05) is 44.0 Å². The lowest BCUT2D eigenvalue weighted by atomic mass is 9.80. The van der Waals surface area contributed by atoms with Crippen LogP contribution in [0, 0.1) is 11.8 Å². The van der Waals surface area contributed by atoms with Crippen molar-refractivity contribution >= 4 is 16.8 Å². The van der Waals surface area contributed by atoms with E-state index in [0.29, 0.717) is 34.0 Å². The Labute approximate surface area is 182 Å². The predicted molar refractivity (Wildman–Crippen MR) is 123 cm³/mol. The number of ether oxygens (including phenoxy) is 1. The Morgan fingerprint density at radius 1 is 1.13 bits per heavy atom. The number of para-hydroxylation sites is 1. The summed E-state index contributed by atoms with van der Waals surface area (Å²) in [6.45, 7) is 2.21. The summed E-state index contributed by atoms with van der Waals surface area (Å²) in [7, 11) is 1.59. The molecule has 4 rings (SSSR count). The fourth-order valence-electron chi connectivity index (χ4n) is 4.52. The molecule has 31 heavy (non-hydrogen) atoms. The average molecular weight is 420 g/mol. The minimum atomic E-state index is -0.281. The van der Waals surface area contributed by atoms with Crippen LogP contribution in [0.4, 0.5) is 0 Å². The zero-order valence-corrected chi connectivity index (χ0v) is 18.1. The van der Waals surface area contributed by atoms with Crippen molar-refractivity contribution < 1.29 is 9.53 Å². The number of nitrogens with one attached hydrogen (secondary N) is 1. The van der Waals surface area contributed by atoms with Crippen molar-refractivity contribution in [2.75, 3.05) is 12.5 Å². The van der Waals surface area contributed by atoms with E-state index < -0.39 is 0 Å². The molecule has 6 heteroatoms. The Morgan fingerprint density at radius 2 is 1.90 bits per heavy atom. The van der Waals surface area contributed by atoms with Crippen LogP contribution in [0.25, 0.3) is 22.3 Å². The van der Waals surface area contributed by atoms with E-state index in [0.717, 1.165) is 25.7 Å². The van der Waals surface area contributed by atoms with Crippen LogP contribution in [0.2, 0.25) is 0 Å². The first-order chi connectivity index (χ1) is 15.1. The molecule has 0 bridgehead atoms. The molecule has 1 heterocycles. The molecule has 0 unspecified atom stereocenters. The number of hydrogen-bond donors (Lipinski definition) is 1. The highest BCUT2D eigenvalue weighted by Gasteiger charge is 2.27. The molecule has 0 aliphatic heterocycles.